The second kappa shape index (κ2) is 10.5. The Bertz CT molecular complexity index is 656. The predicted octanol–water partition coefficient (Wildman–Crippen LogP) is 4.13. The standard InChI is InChI=1S/C18H28N2O4S2/c1-10(2)8-7-9-11(3)19-18(25)20-15-13(16(21)23-5)12(4)14(26-15)17(22)24-6/h10-11H,7-9H2,1-6H3,(H2,19,20,25)/t11-/m1/s1. The maximum absolute atomic E-state index is 12.1. The molecule has 0 radical (unpaired) electrons. The van der Waals surface area contributed by atoms with Crippen LogP contribution in [0.2, 0.25) is 0 Å². The van der Waals surface area contributed by atoms with Gasteiger partial charge >= 0.3 is 11.9 Å². The summed E-state index contributed by atoms with van der Waals surface area (Å²) in [6.45, 7) is 8.16. The lowest BCUT2D eigenvalue weighted by molar-refractivity contribution is 0.0601. The third-order valence-corrected chi connectivity index (χ3v) is 5.34. The van der Waals surface area contributed by atoms with E-state index in [9.17, 15) is 9.59 Å². The van der Waals surface area contributed by atoms with E-state index in [0.29, 0.717) is 32.0 Å². The molecule has 146 valence electrons. The Balaban J connectivity index is 2.86. The largest absolute Gasteiger partial charge is 0.465 e. The van der Waals surface area contributed by atoms with E-state index >= 15 is 0 Å². The quantitative estimate of drug-likeness (QED) is 0.502. The van der Waals surface area contributed by atoms with Crippen molar-refractivity contribution >= 4 is 45.6 Å². The summed E-state index contributed by atoms with van der Waals surface area (Å²) in [6, 6.07) is 0.205. The molecule has 0 aliphatic carbocycles. The molecule has 8 heteroatoms. The van der Waals surface area contributed by atoms with Gasteiger partial charge in [0.1, 0.15) is 9.88 Å². The zero-order valence-corrected chi connectivity index (χ0v) is 17.9. The molecule has 0 unspecified atom stereocenters. The van der Waals surface area contributed by atoms with Gasteiger partial charge in [0, 0.05) is 6.04 Å². The number of carbonyl (C=O) groups is 2. The molecule has 6 nitrogen and oxygen atoms in total. The lowest BCUT2D eigenvalue weighted by Crippen LogP contribution is -2.36. The molecule has 0 aliphatic rings. The van der Waals surface area contributed by atoms with Gasteiger partial charge in [-0.05, 0) is 44.0 Å². The molecule has 0 aromatic carbocycles. The van der Waals surface area contributed by atoms with Gasteiger partial charge in [0.15, 0.2) is 5.11 Å². The van der Waals surface area contributed by atoms with Crippen LogP contribution in [0.1, 0.15) is 65.6 Å². The number of ether oxygens (including phenoxy) is 2. The van der Waals surface area contributed by atoms with Crippen molar-refractivity contribution in [3.8, 4) is 0 Å². The monoisotopic (exact) mass is 400 g/mol. The first kappa shape index (κ1) is 22.4. The molecule has 0 saturated carbocycles. The highest BCUT2D eigenvalue weighted by Crippen LogP contribution is 2.34. The van der Waals surface area contributed by atoms with Gasteiger partial charge in [-0.15, -0.1) is 11.3 Å². The molecule has 1 aromatic rings. The Kier molecular flexibility index (Phi) is 9.01. The fraction of sp³-hybridized carbons (Fsp3) is 0.611. The number of methoxy groups -OCH3 is 2. The molecule has 2 N–H and O–H groups in total. The summed E-state index contributed by atoms with van der Waals surface area (Å²) < 4.78 is 9.61. The third kappa shape index (κ3) is 6.25. The maximum atomic E-state index is 12.1. The van der Waals surface area contributed by atoms with E-state index in [4.69, 9.17) is 21.7 Å². The zero-order valence-electron chi connectivity index (χ0n) is 16.2. The van der Waals surface area contributed by atoms with Gasteiger partial charge < -0.3 is 20.1 Å². The van der Waals surface area contributed by atoms with Crippen LogP contribution in [0.5, 0.6) is 0 Å². The average Bonchev–Trinajstić information content (AvgIpc) is 2.89. The van der Waals surface area contributed by atoms with E-state index in [2.05, 4.69) is 31.4 Å². The van der Waals surface area contributed by atoms with Gasteiger partial charge in [-0.3, -0.25) is 0 Å². The number of esters is 2. The minimum atomic E-state index is -0.524. The van der Waals surface area contributed by atoms with Crippen LogP contribution in [0.3, 0.4) is 0 Å². The average molecular weight is 401 g/mol. The van der Waals surface area contributed by atoms with Crippen molar-refractivity contribution in [1.29, 1.82) is 0 Å². The minimum Gasteiger partial charge on any atom is -0.465 e. The molecule has 26 heavy (non-hydrogen) atoms. The van der Waals surface area contributed by atoms with Crippen molar-refractivity contribution in [3.63, 3.8) is 0 Å². The smallest absolute Gasteiger partial charge is 0.348 e. The Labute approximate surface area is 164 Å². The Morgan fingerprint density at radius 3 is 2.27 bits per heavy atom. The number of nitrogens with one attached hydrogen (secondary N) is 2. The van der Waals surface area contributed by atoms with Crippen LogP contribution in [0.4, 0.5) is 5.00 Å². The Morgan fingerprint density at radius 1 is 1.12 bits per heavy atom. The molecule has 1 aromatic heterocycles. The Hall–Kier alpha value is -1.67. The number of hydrogen-bond acceptors (Lipinski definition) is 6. The van der Waals surface area contributed by atoms with Crippen LogP contribution in [0, 0.1) is 12.8 Å². The molecule has 0 spiro atoms. The fourth-order valence-electron chi connectivity index (χ4n) is 2.50. The van der Waals surface area contributed by atoms with Crippen molar-refractivity contribution in [2.75, 3.05) is 19.5 Å². The SMILES string of the molecule is COC(=O)c1sc(NC(=S)N[C@H](C)CCCC(C)C)c(C(=O)OC)c1C. The van der Waals surface area contributed by atoms with Gasteiger partial charge in [0.05, 0.1) is 19.8 Å². The summed E-state index contributed by atoms with van der Waals surface area (Å²) in [4.78, 5) is 24.4. The third-order valence-electron chi connectivity index (χ3n) is 3.93. The molecule has 0 fully saturated rings. The van der Waals surface area contributed by atoms with E-state index in [-0.39, 0.29) is 6.04 Å². The first-order chi connectivity index (χ1) is 12.2. The van der Waals surface area contributed by atoms with Crippen molar-refractivity contribution in [2.24, 2.45) is 5.92 Å². The van der Waals surface area contributed by atoms with Crippen LogP contribution in [0.15, 0.2) is 0 Å². The second-order valence-corrected chi connectivity index (χ2v) is 8.00. The van der Waals surface area contributed by atoms with Crippen molar-refractivity contribution in [3.05, 3.63) is 16.0 Å². The molecular weight excluding hydrogens is 372 g/mol. The molecule has 1 atom stereocenters. The molecule has 1 rings (SSSR count). The highest BCUT2D eigenvalue weighted by molar-refractivity contribution is 7.80. The summed E-state index contributed by atoms with van der Waals surface area (Å²) >= 11 is 6.49. The van der Waals surface area contributed by atoms with E-state index in [1.807, 2.05) is 0 Å². The van der Waals surface area contributed by atoms with Crippen molar-refractivity contribution in [1.82, 2.24) is 5.32 Å². The molecule has 0 saturated heterocycles. The molecule has 1 heterocycles. The van der Waals surface area contributed by atoms with Gasteiger partial charge in [0.2, 0.25) is 0 Å². The topological polar surface area (TPSA) is 76.7 Å². The minimum absolute atomic E-state index is 0.205. The van der Waals surface area contributed by atoms with Crippen LogP contribution < -0.4 is 10.6 Å². The van der Waals surface area contributed by atoms with Crippen LogP contribution >= 0.6 is 23.6 Å². The summed E-state index contributed by atoms with van der Waals surface area (Å²) in [5.74, 6) is -0.337. The zero-order chi connectivity index (χ0) is 19.9. The molecule has 0 aliphatic heterocycles. The summed E-state index contributed by atoms with van der Waals surface area (Å²) in [6.07, 6.45) is 3.29. The summed E-state index contributed by atoms with van der Waals surface area (Å²) in [5, 5.41) is 7.12. The summed E-state index contributed by atoms with van der Waals surface area (Å²) in [5.41, 5.74) is 0.818. The van der Waals surface area contributed by atoms with Crippen LogP contribution in [-0.4, -0.2) is 37.3 Å². The molecule has 0 amide bonds. The molecular formula is C18H28N2O4S2. The fourth-order valence-corrected chi connectivity index (χ4v) is 3.99. The number of rotatable bonds is 8. The predicted molar refractivity (Wildman–Crippen MR) is 109 cm³/mol. The highest BCUT2D eigenvalue weighted by Gasteiger charge is 2.26. The van der Waals surface area contributed by atoms with Crippen LogP contribution in [-0.2, 0) is 9.47 Å². The van der Waals surface area contributed by atoms with Gasteiger partial charge in [0.25, 0.3) is 0 Å². The number of thiocarbonyl (C=S) groups is 1. The van der Waals surface area contributed by atoms with Gasteiger partial charge in [-0.2, -0.15) is 0 Å². The van der Waals surface area contributed by atoms with E-state index in [1.165, 1.54) is 20.6 Å². The van der Waals surface area contributed by atoms with Crippen molar-refractivity contribution in [2.45, 2.75) is 53.0 Å². The lowest BCUT2D eigenvalue weighted by Gasteiger charge is -2.17. The first-order valence-corrected chi connectivity index (χ1v) is 9.81. The Morgan fingerprint density at radius 2 is 1.73 bits per heavy atom. The lowest BCUT2D eigenvalue weighted by atomic mass is 10.0. The number of carbonyl (C=O) groups excluding carboxylic acids is 2. The number of hydrogen-bond donors (Lipinski definition) is 2. The highest BCUT2D eigenvalue weighted by atomic mass is 32.1. The van der Waals surface area contributed by atoms with Gasteiger partial charge in [-0.1, -0.05) is 26.7 Å². The molecule has 0 bridgehead atoms. The number of thiophene rings is 1. The van der Waals surface area contributed by atoms with Gasteiger partial charge in [-0.25, -0.2) is 9.59 Å². The normalized spacial score (nSPS) is 11.8. The first-order valence-electron chi connectivity index (χ1n) is 8.58. The van der Waals surface area contributed by atoms with Crippen molar-refractivity contribution < 1.29 is 19.1 Å². The van der Waals surface area contributed by atoms with E-state index < -0.39 is 11.9 Å². The van der Waals surface area contributed by atoms with E-state index in [0.717, 1.165) is 24.2 Å². The second-order valence-electron chi connectivity index (χ2n) is 6.57. The maximum Gasteiger partial charge on any atom is 0.348 e. The van der Waals surface area contributed by atoms with Crippen LogP contribution in [0.25, 0.3) is 0 Å². The summed E-state index contributed by atoms with van der Waals surface area (Å²) in [7, 11) is 2.60. The number of anilines is 1. The van der Waals surface area contributed by atoms with E-state index in [1.54, 1.807) is 6.92 Å².